The molecule has 0 aromatic rings. The van der Waals surface area contributed by atoms with Crippen molar-refractivity contribution in [1.82, 2.24) is 0 Å². The maximum Gasteiger partial charge on any atom is 0.306 e. The number of hydrogen-bond acceptors (Lipinski definition) is 6. The Morgan fingerprint density at radius 2 is 0.551 bits per heavy atom. The van der Waals surface area contributed by atoms with Gasteiger partial charge in [0.05, 0.1) is 0 Å². The van der Waals surface area contributed by atoms with E-state index in [2.05, 4.69) is 20.8 Å². The number of hydrogen-bond donors (Lipinski definition) is 0. The second kappa shape index (κ2) is 39.2. The van der Waals surface area contributed by atoms with Gasteiger partial charge in [-0.25, -0.2) is 0 Å². The van der Waals surface area contributed by atoms with Crippen LogP contribution in [0.15, 0.2) is 0 Å². The Hall–Kier alpha value is -1.59. The SMILES string of the molecule is CCCCCCCCCCCCCCC(=O)O[C@@H](COC(=O)CCCCCCCCCCC)COC(=O)CCCCCCCCCCCC. The zero-order valence-corrected chi connectivity index (χ0v) is 33.0. The summed E-state index contributed by atoms with van der Waals surface area (Å²) in [5.41, 5.74) is 0. The van der Waals surface area contributed by atoms with Crippen LogP contribution in [0.4, 0.5) is 0 Å². The standard InChI is InChI=1S/C43H82O6/c1-4-7-10-13-16-19-21-22-25-28-31-34-37-43(46)49-40(38-47-41(44)35-32-29-26-23-18-15-12-9-6-3)39-48-42(45)36-33-30-27-24-20-17-14-11-8-5-2/h40H,4-39H2,1-3H3/t40-/m0/s1. The van der Waals surface area contributed by atoms with E-state index in [0.29, 0.717) is 19.3 Å². The zero-order chi connectivity index (χ0) is 35.9. The van der Waals surface area contributed by atoms with Crippen molar-refractivity contribution >= 4 is 17.9 Å². The van der Waals surface area contributed by atoms with E-state index in [1.54, 1.807) is 0 Å². The predicted octanol–water partition coefficient (Wildman–Crippen LogP) is 13.3. The number of ether oxygens (including phenoxy) is 3. The van der Waals surface area contributed by atoms with Gasteiger partial charge in [-0.1, -0.05) is 201 Å². The number of esters is 3. The lowest BCUT2D eigenvalue weighted by Gasteiger charge is -2.18. The average molecular weight is 695 g/mol. The van der Waals surface area contributed by atoms with Crippen LogP contribution in [0, 0.1) is 0 Å². The van der Waals surface area contributed by atoms with E-state index in [-0.39, 0.29) is 31.1 Å². The molecule has 0 spiro atoms. The van der Waals surface area contributed by atoms with E-state index < -0.39 is 6.10 Å². The monoisotopic (exact) mass is 695 g/mol. The molecule has 0 fully saturated rings. The molecule has 6 nitrogen and oxygen atoms in total. The van der Waals surface area contributed by atoms with E-state index >= 15 is 0 Å². The summed E-state index contributed by atoms with van der Waals surface area (Å²) in [7, 11) is 0. The molecule has 0 aromatic heterocycles. The number of carbonyl (C=O) groups is 3. The van der Waals surface area contributed by atoms with E-state index in [9.17, 15) is 14.4 Å². The smallest absolute Gasteiger partial charge is 0.306 e. The van der Waals surface area contributed by atoms with Crippen molar-refractivity contribution in [2.75, 3.05) is 13.2 Å². The van der Waals surface area contributed by atoms with E-state index in [1.807, 2.05) is 0 Å². The largest absolute Gasteiger partial charge is 0.462 e. The van der Waals surface area contributed by atoms with Gasteiger partial charge in [0, 0.05) is 19.3 Å². The normalized spacial score (nSPS) is 11.8. The maximum absolute atomic E-state index is 12.6. The fourth-order valence-electron chi connectivity index (χ4n) is 6.32. The molecule has 1 atom stereocenters. The first kappa shape index (κ1) is 47.4. The molecule has 0 heterocycles. The summed E-state index contributed by atoms with van der Waals surface area (Å²) < 4.78 is 16.6. The molecule has 0 N–H and O–H groups in total. The third kappa shape index (κ3) is 37.5. The summed E-state index contributed by atoms with van der Waals surface area (Å²) in [6.45, 7) is 6.61. The molecule has 0 aliphatic heterocycles. The Labute approximate surface area is 304 Å². The van der Waals surface area contributed by atoms with Crippen LogP contribution in [0.5, 0.6) is 0 Å². The van der Waals surface area contributed by atoms with Gasteiger partial charge in [-0.2, -0.15) is 0 Å². The van der Waals surface area contributed by atoms with Crippen LogP contribution in [-0.4, -0.2) is 37.2 Å². The summed E-state index contributed by atoms with van der Waals surface area (Å²) in [4.78, 5) is 37.5. The van der Waals surface area contributed by atoms with Crippen molar-refractivity contribution in [3.63, 3.8) is 0 Å². The number of carbonyl (C=O) groups excluding carboxylic acids is 3. The minimum Gasteiger partial charge on any atom is -0.462 e. The first-order chi connectivity index (χ1) is 24.0. The molecule has 0 saturated carbocycles. The van der Waals surface area contributed by atoms with Gasteiger partial charge in [0.2, 0.25) is 0 Å². The van der Waals surface area contributed by atoms with Crippen molar-refractivity contribution in [1.29, 1.82) is 0 Å². The highest BCUT2D eigenvalue weighted by atomic mass is 16.6. The molecule has 49 heavy (non-hydrogen) atoms. The molecule has 0 aliphatic carbocycles. The molecule has 6 heteroatoms. The van der Waals surface area contributed by atoms with Crippen molar-refractivity contribution in [2.24, 2.45) is 0 Å². The molecule has 0 radical (unpaired) electrons. The minimum absolute atomic E-state index is 0.0634. The highest BCUT2D eigenvalue weighted by molar-refractivity contribution is 5.71. The molecule has 0 rings (SSSR count). The highest BCUT2D eigenvalue weighted by Crippen LogP contribution is 2.15. The van der Waals surface area contributed by atoms with Crippen molar-refractivity contribution in [3.8, 4) is 0 Å². The van der Waals surface area contributed by atoms with Crippen molar-refractivity contribution in [2.45, 2.75) is 245 Å². The fraction of sp³-hybridized carbons (Fsp3) is 0.930. The lowest BCUT2D eigenvalue weighted by Crippen LogP contribution is -2.30. The van der Waals surface area contributed by atoms with Crippen LogP contribution in [0.1, 0.15) is 239 Å². The average Bonchev–Trinajstić information content (AvgIpc) is 3.10. The van der Waals surface area contributed by atoms with Gasteiger partial charge in [0.25, 0.3) is 0 Å². The summed E-state index contributed by atoms with van der Waals surface area (Å²) in [6.07, 6.45) is 37.9. The van der Waals surface area contributed by atoms with Gasteiger partial charge in [-0.3, -0.25) is 14.4 Å². The van der Waals surface area contributed by atoms with Crippen LogP contribution in [0.2, 0.25) is 0 Å². The summed E-state index contributed by atoms with van der Waals surface area (Å²) in [5.74, 6) is -0.859. The van der Waals surface area contributed by atoms with Crippen LogP contribution in [-0.2, 0) is 28.6 Å². The van der Waals surface area contributed by atoms with Crippen LogP contribution in [0.3, 0.4) is 0 Å². The van der Waals surface area contributed by atoms with Gasteiger partial charge in [-0.05, 0) is 19.3 Å². The maximum atomic E-state index is 12.6. The first-order valence-corrected chi connectivity index (χ1v) is 21.5. The molecular weight excluding hydrogens is 612 g/mol. The lowest BCUT2D eigenvalue weighted by molar-refractivity contribution is -0.167. The molecule has 0 amide bonds. The third-order valence-electron chi connectivity index (χ3n) is 9.61. The second-order valence-electron chi connectivity index (χ2n) is 14.6. The zero-order valence-electron chi connectivity index (χ0n) is 33.0. The third-order valence-corrected chi connectivity index (χ3v) is 9.61. The molecule has 0 bridgehead atoms. The molecule has 0 saturated heterocycles. The van der Waals surface area contributed by atoms with Crippen LogP contribution < -0.4 is 0 Å². The summed E-state index contributed by atoms with van der Waals surface area (Å²) in [6, 6.07) is 0. The minimum atomic E-state index is -0.756. The molecular formula is C43H82O6. The van der Waals surface area contributed by atoms with Crippen molar-refractivity contribution in [3.05, 3.63) is 0 Å². The Kier molecular flexibility index (Phi) is 37.9. The number of rotatable bonds is 39. The Morgan fingerprint density at radius 1 is 0.327 bits per heavy atom. The Balaban J connectivity index is 4.33. The highest BCUT2D eigenvalue weighted by Gasteiger charge is 2.19. The summed E-state index contributed by atoms with van der Waals surface area (Å²) in [5, 5.41) is 0. The topological polar surface area (TPSA) is 78.9 Å². The van der Waals surface area contributed by atoms with Gasteiger partial charge in [-0.15, -0.1) is 0 Å². The quantitative estimate of drug-likeness (QED) is 0.0362. The first-order valence-electron chi connectivity index (χ1n) is 21.5. The predicted molar refractivity (Wildman–Crippen MR) is 206 cm³/mol. The Morgan fingerprint density at radius 3 is 0.816 bits per heavy atom. The van der Waals surface area contributed by atoms with Gasteiger partial charge in [0.15, 0.2) is 6.10 Å². The lowest BCUT2D eigenvalue weighted by atomic mass is 10.0. The number of unbranched alkanes of at least 4 members (excludes halogenated alkanes) is 28. The van der Waals surface area contributed by atoms with Gasteiger partial charge in [0.1, 0.15) is 13.2 Å². The summed E-state index contributed by atoms with van der Waals surface area (Å²) >= 11 is 0. The van der Waals surface area contributed by atoms with Crippen molar-refractivity contribution < 1.29 is 28.6 Å². The van der Waals surface area contributed by atoms with E-state index in [1.165, 1.54) is 141 Å². The van der Waals surface area contributed by atoms with Gasteiger partial charge >= 0.3 is 17.9 Å². The Bertz CT molecular complexity index is 723. The molecule has 0 aromatic carbocycles. The molecule has 0 unspecified atom stereocenters. The molecule has 290 valence electrons. The van der Waals surface area contributed by atoms with E-state index in [4.69, 9.17) is 14.2 Å². The van der Waals surface area contributed by atoms with Gasteiger partial charge < -0.3 is 14.2 Å². The fourth-order valence-corrected chi connectivity index (χ4v) is 6.32. The van der Waals surface area contributed by atoms with E-state index in [0.717, 1.165) is 57.8 Å². The van der Waals surface area contributed by atoms with Crippen LogP contribution >= 0.6 is 0 Å². The second-order valence-corrected chi connectivity index (χ2v) is 14.6. The van der Waals surface area contributed by atoms with Crippen LogP contribution in [0.25, 0.3) is 0 Å². The molecule has 0 aliphatic rings.